The zero-order chi connectivity index (χ0) is 22.8. The molecule has 1 unspecified atom stereocenters. The summed E-state index contributed by atoms with van der Waals surface area (Å²) in [5, 5.41) is 1.92. The first-order chi connectivity index (χ1) is 14.5. The molecule has 8 heteroatoms. The zero-order valence-electron chi connectivity index (χ0n) is 18.1. The van der Waals surface area contributed by atoms with Gasteiger partial charge in [-0.3, -0.25) is 19.2 Å². The van der Waals surface area contributed by atoms with E-state index in [1.54, 1.807) is 12.1 Å². The fraction of sp³-hybridized carbons (Fsp3) is 0.391. The van der Waals surface area contributed by atoms with Gasteiger partial charge in [-0.25, -0.2) is 4.90 Å². The van der Waals surface area contributed by atoms with Gasteiger partial charge in [0.05, 0.1) is 18.7 Å². The molecule has 164 valence electrons. The van der Waals surface area contributed by atoms with Crippen LogP contribution in [0.3, 0.4) is 0 Å². The fourth-order valence-electron chi connectivity index (χ4n) is 3.46. The van der Waals surface area contributed by atoms with Crippen molar-refractivity contribution in [2.45, 2.75) is 53.1 Å². The Kier molecular flexibility index (Phi) is 6.59. The standard InChI is InChI=1S/C23H26N2O5S/c1-15(26)30-17-9-7-16(8-10-17)25-20(27)12-19(22(25)29)24(14-18-6-5-11-31-18)21(28)13-23(2,3)4/h5-11,19H,12-14H2,1-4H3. The van der Waals surface area contributed by atoms with E-state index in [1.165, 1.54) is 35.3 Å². The van der Waals surface area contributed by atoms with Crippen molar-refractivity contribution in [3.05, 3.63) is 46.7 Å². The first kappa shape index (κ1) is 22.7. The molecule has 0 N–H and O–H groups in total. The van der Waals surface area contributed by atoms with Gasteiger partial charge in [0.1, 0.15) is 11.8 Å². The maximum absolute atomic E-state index is 13.2. The Hall–Kier alpha value is -3.00. The van der Waals surface area contributed by atoms with Gasteiger partial charge >= 0.3 is 5.97 Å². The van der Waals surface area contributed by atoms with E-state index in [9.17, 15) is 19.2 Å². The molecule has 2 heterocycles. The maximum Gasteiger partial charge on any atom is 0.308 e. The van der Waals surface area contributed by atoms with Gasteiger partial charge in [0, 0.05) is 18.2 Å². The summed E-state index contributed by atoms with van der Waals surface area (Å²) in [5.41, 5.74) is 0.135. The molecular formula is C23H26N2O5S. The van der Waals surface area contributed by atoms with E-state index in [2.05, 4.69) is 0 Å². The van der Waals surface area contributed by atoms with Gasteiger partial charge in [-0.1, -0.05) is 26.8 Å². The van der Waals surface area contributed by atoms with E-state index in [0.717, 1.165) is 9.78 Å². The Bertz CT molecular complexity index is 976. The molecule has 0 radical (unpaired) electrons. The lowest BCUT2D eigenvalue weighted by Crippen LogP contribution is -2.45. The van der Waals surface area contributed by atoms with Crippen molar-refractivity contribution < 1.29 is 23.9 Å². The molecule has 7 nitrogen and oxygen atoms in total. The van der Waals surface area contributed by atoms with Crippen LogP contribution in [-0.2, 0) is 25.7 Å². The largest absolute Gasteiger partial charge is 0.427 e. The molecule has 31 heavy (non-hydrogen) atoms. The Morgan fingerprint density at radius 1 is 1.16 bits per heavy atom. The number of carbonyl (C=O) groups is 4. The lowest BCUT2D eigenvalue weighted by molar-refractivity contribution is -0.140. The molecule has 1 atom stereocenters. The summed E-state index contributed by atoms with van der Waals surface area (Å²) < 4.78 is 5.00. The van der Waals surface area contributed by atoms with Crippen LogP contribution in [0.15, 0.2) is 41.8 Å². The summed E-state index contributed by atoms with van der Waals surface area (Å²) >= 11 is 1.51. The van der Waals surface area contributed by atoms with E-state index in [1.807, 2.05) is 38.3 Å². The number of esters is 1. The molecule has 0 aliphatic carbocycles. The van der Waals surface area contributed by atoms with Crippen LogP contribution >= 0.6 is 11.3 Å². The van der Waals surface area contributed by atoms with Crippen molar-refractivity contribution in [2.24, 2.45) is 5.41 Å². The quantitative estimate of drug-likeness (QED) is 0.386. The van der Waals surface area contributed by atoms with Crippen molar-refractivity contribution in [3.63, 3.8) is 0 Å². The highest BCUT2D eigenvalue weighted by Crippen LogP contribution is 2.30. The first-order valence-electron chi connectivity index (χ1n) is 10.0. The smallest absolute Gasteiger partial charge is 0.308 e. The monoisotopic (exact) mass is 442 g/mol. The van der Waals surface area contributed by atoms with Crippen LogP contribution in [0.1, 0.15) is 45.4 Å². The molecule has 0 spiro atoms. The molecule has 3 amide bonds. The zero-order valence-corrected chi connectivity index (χ0v) is 18.9. The minimum Gasteiger partial charge on any atom is -0.427 e. The molecule has 0 bridgehead atoms. The lowest BCUT2D eigenvalue weighted by atomic mass is 9.91. The summed E-state index contributed by atoms with van der Waals surface area (Å²) in [5.74, 6) is -1.08. The summed E-state index contributed by atoms with van der Waals surface area (Å²) in [6.07, 6.45) is 0.208. The van der Waals surface area contributed by atoms with Crippen molar-refractivity contribution in [1.82, 2.24) is 4.90 Å². The summed E-state index contributed by atoms with van der Waals surface area (Å²) in [4.78, 5) is 53.8. The summed E-state index contributed by atoms with van der Waals surface area (Å²) in [6, 6.07) is 9.11. The number of ether oxygens (including phenoxy) is 1. The molecule has 1 aromatic heterocycles. The second-order valence-corrected chi connectivity index (χ2v) is 9.75. The number of imide groups is 1. The molecule has 1 aromatic carbocycles. The minimum atomic E-state index is -0.849. The molecule has 1 fully saturated rings. The molecule has 2 aromatic rings. The second kappa shape index (κ2) is 9.01. The van der Waals surface area contributed by atoms with Gasteiger partial charge < -0.3 is 9.64 Å². The highest BCUT2D eigenvalue weighted by molar-refractivity contribution is 7.09. The fourth-order valence-corrected chi connectivity index (χ4v) is 4.16. The van der Waals surface area contributed by atoms with E-state index in [4.69, 9.17) is 4.74 Å². The number of hydrogen-bond donors (Lipinski definition) is 0. The minimum absolute atomic E-state index is 0.0637. The average Bonchev–Trinajstić information content (AvgIpc) is 3.26. The van der Waals surface area contributed by atoms with Gasteiger partial charge in [0.15, 0.2) is 0 Å². The predicted molar refractivity (Wildman–Crippen MR) is 118 cm³/mol. The highest BCUT2D eigenvalue weighted by Gasteiger charge is 2.44. The van der Waals surface area contributed by atoms with Crippen LogP contribution in [-0.4, -0.2) is 34.6 Å². The second-order valence-electron chi connectivity index (χ2n) is 8.71. The lowest BCUT2D eigenvalue weighted by Gasteiger charge is -2.30. The van der Waals surface area contributed by atoms with Crippen molar-refractivity contribution in [3.8, 4) is 5.75 Å². The van der Waals surface area contributed by atoms with Crippen LogP contribution in [0.25, 0.3) is 0 Å². The normalized spacial score (nSPS) is 16.5. The van der Waals surface area contributed by atoms with Gasteiger partial charge in [-0.05, 0) is 41.1 Å². The Balaban J connectivity index is 1.85. The third-order valence-corrected chi connectivity index (χ3v) is 5.62. The molecule has 3 rings (SSSR count). The van der Waals surface area contributed by atoms with E-state index < -0.39 is 17.9 Å². The molecule has 1 saturated heterocycles. The maximum atomic E-state index is 13.2. The van der Waals surface area contributed by atoms with Crippen molar-refractivity contribution in [1.29, 1.82) is 0 Å². The number of nitrogens with zero attached hydrogens (tertiary/aromatic N) is 2. The number of anilines is 1. The van der Waals surface area contributed by atoms with Crippen molar-refractivity contribution in [2.75, 3.05) is 4.90 Å². The topological polar surface area (TPSA) is 84.0 Å². The van der Waals surface area contributed by atoms with Crippen molar-refractivity contribution >= 4 is 40.7 Å². The van der Waals surface area contributed by atoms with Gasteiger partial charge in [-0.15, -0.1) is 11.3 Å². The highest BCUT2D eigenvalue weighted by atomic mass is 32.1. The van der Waals surface area contributed by atoms with Gasteiger partial charge in [-0.2, -0.15) is 0 Å². The Labute approximate surface area is 185 Å². The molecule has 0 saturated carbocycles. The number of hydrogen-bond acceptors (Lipinski definition) is 6. The van der Waals surface area contributed by atoms with Crippen LogP contribution in [0.2, 0.25) is 0 Å². The van der Waals surface area contributed by atoms with Crippen LogP contribution in [0.4, 0.5) is 5.69 Å². The van der Waals surface area contributed by atoms with Crippen LogP contribution in [0.5, 0.6) is 5.75 Å². The predicted octanol–water partition coefficient (Wildman–Crippen LogP) is 3.77. The van der Waals surface area contributed by atoms with Crippen LogP contribution < -0.4 is 9.64 Å². The van der Waals surface area contributed by atoms with E-state index in [-0.39, 0.29) is 36.6 Å². The SMILES string of the molecule is CC(=O)Oc1ccc(N2C(=O)CC(N(Cc3cccs3)C(=O)CC(C)(C)C)C2=O)cc1. The Morgan fingerprint density at radius 3 is 2.39 bits per heavy atom. The van der Waals surface area contributed by atoms with Gasteiger partial charge in [0.2, 0.25) is 11.8 Å². The number of amides is 3. The third-order valence-electron chi connectivity index (χ3n) is 4.76. The number of thiophene rings is 1. The van der Waals surface area contributed by atoms with Crippen LogP contribution in [0, 0.1) is 5.41 Å². The average molecular weight is 443 g/mol. The summed E-state index contributed by atoms with van der Waals surface area (Å²) in [7, 11) is 0. The Morgan fingerprint density at radius 2 is 1.84 bits per heavy atom. The number of carbonyl (C=O) groups excluding carboxylic acids is 4. The third kappa shape index (κ3) is 5.58. The van der Waals surface area contributed by atoms with Gasteiger partial charge in [0.25, 0.3) is 5.91 Å². The molecule has 1 aliphatic rings. The molecular weight excluding hydrogens is 416 g/mol. The molecule has 1 aliphatic heterocycles. The van der Waals surface area contributed by atoms with E-state index in [0.29, 0.717) is 11.4 Å². The number of benzene rings is 1. The number of rotatable bonds is 6. The summed E-state index contributed by atoms with van der Waals surface area (Å²) in [6.45, 7) is 7.48. The first-order valence-corrected chi connectivity index (χ1v) is 10.9. The van der Waals surface area contributed by atoms with E-state index >= 15 is 0 Å².